The van der Waals surface area contributed by atoms with Gasteiger partial charge in [0.25, 0.3) is 5.91 Å². The van der Waals surface area contributed by atoms with E-state index in [4.69, 9.17) is 17.0 Å². The minimum Gasteiger partial charge on any atom is -0.484 e. The van der Waals surface area contributed by atoms with Gasteiger partial charge in [0.2, 0.25) is 0 Å². The molecule has 6 heteroatoms. The van der Waals surface area contributed by atoms with Gasteiger partial charge in [-0.2, -0.15) is 0 Å². The molecule has 0 aliphatic rings. The van der Waals surface area contributed by atoms with Gasteiger partial charge in [-0.15, -0.1) is 0 Å². The minimum atomic E-state index is -0.300. The van der Waals surface area contributed by atoms with Crippen LogP contribution in [0.25, 0.3) is 0 Å². The van der Waals surface area contributed by atoms with E-state index in [0.717, 1.165) is 9.26 Å². The summed E-state index contributed by atoms with van der Waals surface area (Å²) in [5.74, 6) is 0.823. The average molecular weight is 454 g/mol. The Labute approximate surface area is 161 Å². The number of hydrogen-bond acceptors (Lipinski definition) is 3. The second-order valence-corrected chi connectivity index (χ2v) is 7.18. The lowest BCUT2D eigenvalue weighted by Crippen LogP contribution is -2.37. The summed E-state index contributed by atoms with van der Waals surface area (Å²) < 4.78 is 6.60. The molecule has 2 aromatic carbocycles. The highest BCUT2D eigenvalue weighted by molar-refractivity contribution is 14.1. The summed E-state index contributed by atoms with van der Waals surface area (Å²) in [5.41, 5.74) is 2.06. The van der Waals surface area contributed by atoms with Gasteiger partial charge in [-0.1, -0.05) is 26.0 Å². The van der Waals surface area contributed by atoms with E-state index < -0.39 is 0 Å². The first-order valence-corrected chi connectivity index (χ1v) is 9.02. The summed E-state index contributed by atoms with van der Waals surface area (Å²) >= 11 is 7.35. The van der Waals surface area contributed by atoms with Crippen LogP contribution in [0.15, 0.2) is 48.5 Å². The molecule has 0 fully saturated rings. The minimum absolute atomic E-state index is 0.0878. The van der Waals surface area contributed by atoms with Gasteiger partial charge in [0.15, 0.2) is 11.7 Å². The van der Waals surface area contributed by atoms with E-state index in [0.29, 0.717) is 11.7 Å². The van der Waals surface area contributed by atoms with Crippen molar-refractivity contribution in [3.63, 3.8) is 0 Å². The zero-order valence-corrected chi connectivity index (χ0v) is 16.5. The van der Waals surface area contributed by atoms with Gasteiger partial charge < -0.3 is 10.1 Å². The summed E-state index contributed by atoms with van der Waals surface area (Å²) in [7, 11) is 0. The predicted octanol–water partition coefficient (Wildman–Crippen LogP) is 4.31. The van der Waals surface area contributed by atoms with Crippen LogP contribution in [-0.2, 0) is 4.79 Å². The molecule has 0 unspecified atom stereocenters. The van der Waals surface area contributed by atoms with Crippen molar-refractivity contribution in [2.24, 2.45) is 0 Å². The van der Waals surface area contributed by atoms with Crippen LogP contribution < -0.4 is 15.4 Å². The fourth-order valence-corrected chi connectivity index (χ4v) is 2.55. The third-order valence-corrected chi connectivity index (χ3v) is 4.20. The molecule has 0 heterocycles. The third-order valence-electron chi connectivity index (χ3n) is 3.27. The maximum Gasteiger partial charge on any atom is 0.264 e. The number of halogens is 1. The van der Waals surface area contributed by atoms with Crippen molar-refractivity contribution in [2.75, 3.05) is 11.9 Å². The topological polar surface area (TPSA) is 50.4 Å². The summed E-state index contributed by atoms with van der Waals surface area (Å²) in [6.45, 7) is 4.17. The fraction of sp³-hybridized carbons (Fsp3) is 0.222. The van der Waals surface area contributed by atoms with E-state index in [1.54, 1.807) is 0 Å². The van der Waals surface area contributed by atoms with Crippen molar-refractivity contribution in [1.29, 1.82) is 0 Å². The summed E-state index contributed by atoms with van der Waals surface area (Å²) in [6, 6.07) is 15.4. The van der Waals surface area contributed by atoms with Crippen molar-refractivity contribution >= 4 is 51.5 Å². The number of thiocarbonyl (C=S) groups is 1. The van der Waals surface area contributed by atoms with Crippen LogP contribution in [0.4, 0.5) is 5.69 Å². The quantitative estimate of drug-likeness (QED) is 0.523. The van der Waals surface area contributed by atoms with Gasteiger partial charge in [0.05, 0.1) is 0 Å². The third kappa shape index (κ3) is 6.09. The molecule has 0 aromatic heterocycles. The Kier molecular flexibility index (Phi) is 6.99. The number of nitrogens with one attached hydrogen (secondary N) is 2. The highest BCUT2D eigenvalue weighted by Gasteiger charge is 2.07. The molecule has 1 amide bonds. The summed E-state index contributed by atoms with van der Waals surface area (Å²) in [4.78, 5) is 11.9. The first-order valence-electron chi connectivity index (χ1n) is 7.53. The first kappa shape index (κ1) is 18.7. The number of benzene rings is 2. The van der Waals surface area contributed by atoms with Gasteiger partial charge in [-0.25, -0.2) is 0 Å². The molecule has 0 spiro atoms. The van der Waals surface area contributed by atoms with Gasteiger partial charge in [0, 0.05) is 9.26 Å². The van der Waals surface area contributed by atoms with E-state index >= 15 is 0 Å². The maximum atomic E-state index is 11.9. The Balaban J connectivity index is 1.78. The van der Waals surface area contributed by atoms with Crippen LogP contribution >= 0.6 is 34.8 Å². The number of carbonyl (C=O) groups is 1. The highest BCUT2D eigenvalue weighted by Crippen LogP contribution is 2.18. The fourth-order valence-electron chi connectivity index (χ4n) is 1.96. The molecule has 0 radical (unpaired) electrons. The molecule has 0 atom stereocenters. The SMILES string of the molecule is CC(C)c1ccc(OCC(=O)NC(=S)Nc2ccc(I)cc2)cc1. The van der Waals surface area contributed by atoms with E-state index in [2.05, 4.69) is 47.1 Å². The van der Waals surface area contributed by atoms with Crippen molar-refractivity contribution in [1.82, 2.24) is 5.32 Å². The van der Waals surface area contributed by atoms with E-state index in [1.807, 2.05) is 48.5 Å². The molecule has 2 N–H and O–H groups in total. The van der Waals surface area contributed by atoms with Crippen molar-refractivity contribution in [3.8, 4) is 5.75 Å². The van der Waals surface area contributed by atoms with Crippen molar-refractivity contribution < 1.29 is 9.53 Å². The molecular weight excluding hydrogens is 435 g/mol. The standard InChI is InChI=1S/C18H19IN2O2S/c1-12(2)13-3-9-16(10-4-13)23-11-17(22)21-18(24)20-15-7-5-14(19)6-8-15/h3-10,12H,11H2,1-2H3,(H2,20,21,22,24). The molecule has 24 heavy (non-hydrogen) atoms. The van der Waals surface area contributed by atoms with Crippen molar-refractivity contribution in [2.45, 2.75) is 19.8 Å². The monoisotopic (exact) mass is 454 g/mol. The lowest BCUT2D eigenvalue weighted by Gasteiger charge is -2.11. The highest BCUT2D eigenvalue weighted by atomic mass is 127. The molecular formula is C18H19IN2O2S. The number of hydrogen-bond donors (Lipinski definition) is 2. The lowest BCUT2D eigenvalue weighted by atomic mass is 10.0. The smallest absolute Gasteiger partial charge is 0.264 e. The molecule has 0 aliphatic heterocycles. The van der Waals surface area contributed by atoms with Crippen LogP contribution in [-0.4, -0.2) is 17.6 Å². The first-order chi connectivity index (χ1) is 11.4. The van der Waals surface area contributed by atoms with E-state index in [-0.39, 0.29) is 17.6 Å². The van der Waals surface area contributed by atoms with Gasteiger partial charge in [-0.05, 0) is 82.7 Å². The Morgan fingerprint density at radius 1 is 1.12 bits per heavy atom. The number of rotatable bonds is 5. The maximum absolute atomic E-state index is 11.9. The predicted molar refractivity (Wildman–Crippen MR) is 110 cm³/mol. The Morgan fingerprint density at radius 3 is 2.33 bits per heavy atom. The van der Waals surface area contributed by atoms with Gasteiger partial charge in [0.1, 0.15) is 5.75 Å². The van der Waals surface area contributed by atoms with Gasteiger partial charge in [-0.3, -0.25) is 10.1 Å². The van der Waals surface area contributed by atoms with Gasteiger partial charge >= 0.3 is 0 Å². The molecule has 0 aliphatic carbocycles. The molecule has 0 saturated carbocycles. The molecule has 0 bridgehead atoms. The summed E-state index contributed by atoms with van der Waals surface area (Å²) in [6.07, 6.45) is 0. The van der Waals surface area contributed by atoms with Crippen LogP contribution in [0, 0.1) is 3.57 Å². The van der Waals surface area contributed by atoms with E-state index in [1.165, 1.54) is 5.56 Å². The number of anilines is 1. The van der Waals surface area contributed by atoms with Crippen LogP contribution in [0.3, 0.4) is 0 Å². The molecule has 126 valence electrons. The normalized spacial score (nSPS) is 10.3. The van der Waals surface area contributed by atoms with Crippen LogP contribution in [0.1, 0.15) is 25.3 Å². The number of amides is 1. The molecule has 2 aromatic rings. The number of ether oxygens (including phenoxy) is 1. The second kappa shape index (κ2) is 8.98. The molecule has 2 rings (SSSR count). The second-order valence-electron chi connectivity index (χ2n) is 5.52. The number of carbonyl (C=O) groups excluding carboxylic acids is 1. The molecule has 0 saturated heterocycles. The van der Waals surface area contributed by atoms with Crippen LogP contribution in [0.5, 0.6) is 5.75 Å². The zero-order chi connectivity index (χ0) is 17.5. The molecule has 4 nitrogen and oxygen atoms in total. The van der Waals surface area contributed by atoms with E-state index in [9.17, 15) is 4.79 Å². The average Bonchev–Trinajstić information content (AvgIpc) is 2.55. The Hall–Kier alpha value is -1.67. The van der Waals surface area contributed by atoms with Crippen LogP contribution in [0.2, 0.25) is 0 Å². The zero-order valence-electron chi connectivity index (χ0n) is 13.5. The largest absolute Gasteiger partial charge is 0.484 e. The lowest BCUT2D eigenvalue weighted by molar-refractivity contribution is -0.121. The van der Waals surface area contributed by atoms with Crippen molar-refractivity contribution in [3.05, 3.63) is 57.7 Å². The Bertz CT molecular complexity index is 700. The summed E-state index contributed by atoms with van der Waals surface area (Å²) in [5, 5.41) is 5.81. The Morgan fingerprint density at radius 2 is 1.75 bits per heavy atom.